The van der Waals surface area contributed by atoms with Crippen molar-refractivity contribution in [1.82, 2.24) is 0 Å². The van der Waals surface area contributed by atoms with Crippen LogP contribution in [0.3, 0.4) is 0 Å². The molecule has 2 nitrogen and oxygen atoms in total. The van der Waals surface area contributed by atoms with Gasteiger partial charge in [0.2, 0.25) is 0 Å². The zero-order chi connectivity index (χ0) is 10.1. The third-order valence-corrected chi connectivity index (χ3v) is 3.13. The summed E-state index contributed by atoms with van der Waals surface area (Å²) in [5, 5.41) is 0. The molecule has 2 atom stereocenters. The first-order chi connectivity index (χ1) is 6.70. The van der Waals surface area contributed by atoms with E-state index in [2.05, 4.69) is 22.9 Å². The van der Waals surface area contributed by atoms with Crippen molar-refractivity contribution in [2.75, 3.05) is 0 Å². The van der Waals surface area contributed by atoms with Gasteiger partial charge in [-0.05, 0) is 24.6 Å². The largest absolute Gasteiger partial charge is 0.490 e. The Hall–Kier alpha value is -0.540. The quantitative estimate of drug-likeness (QED) is 0.838. The lowest BCUT2D eigenvalue weighted by atomic mass is 9.96. The van der Waals surface area contributed by atoms with E-state index in [9.17, 15) is 0 Å². The molecule has 0 saturated carbocycles. The fraction of sp³-hybridized carbons (Fsp3) is 0.455. The van der Waals surface area contributed by atoms with E-state index in [1.165, 1.54) is 0 Å². The van der Waals surface area contributed by atoms with Gasteiger partial charge in [-0.1, -0.05) is 22.9 Å². The van der Waals surface area contributed by atoms with Gasteiger partial charge in [0.1, 0.15) is 11.9 Å². The van der Waals surface area contributed by atoms with Crippen molar-refractivity contribution in [2.24, 2.45) is 5.73 Å². The van der Waals surface area contributed by atoms with E-state index >= 15 is 0 Å². The lowest BCUT2D eigenvalue weighted by Gasteiger charge is -2.29. The molecule has 76 valence electrons. The minimum absolute atomic E-state index is 0.112. The van der Waals surface area contributed by atoms with Gasteiger partial charge >= 0.3 is 0 Å². The number of hydrogen-bond donors (Lipinski definition) is 1. The Morgan fingerprint density at radius 2 is 2.36 bits per heavy atom. The molecule has 0 amide bonds. The van der Waals surface area contributed by atoms with Crippen molar-refractivity contribution in [3.05, 3.63) is 28.2 Å². The van der Waals surface area contributed by atoms with Crippen LogP contribution in [0.5, 0.6) is 5.75 Å². The number of ether oxygens (including phenoxy) is 1. The summed E-state index contributed by atoms with van der Waals surface area (Å²) in [4.78, 5) is 0. The maximum atomic E-state index is 6.08. The van der Waals surface area contributed by atoms with Gasteiger partial charge in [-0.15, -0.1) is 0 Å². The molecule has 1 aromatic carbocycles. The molecule has 0 aromatic heterocycles. The first-order valence-electron chi connectivity index (χ1n) is 4.92. The molecule has 2 rings (SSSR count). The van der Waals surface area contributed by atoms with Crippen LogP contribution < -0.4 is 10.5 Å². The molecule has 2 unspecified atom stereocenters. The highest BCUT2D eigenvalue weighted by Crippen LogP contribution is 2.35. The average Bonchev–Trinajstić information content (AvgIpc) is 2.19. The van der Waals surface area contributed by atoms with E-state index in [0.29, 0.717) is 0 Å². The fourth-order valence-corrected chi connectivity index (χ4v) is 2.18. The summed E-state index contributed by atoms with van der Waals surface area (Å²) >= 11 is 3.44. The number of halogens is 1. The standard InChI is InChI=1S/C11H14BrNO/c1-2-8-6-10(13)9-5-7(12)3-4-11(9)14-8/h3-5,8,10H,2,6,13H2,1H3. The van der Waals surface area contributed by atoms with E-state index in [-0.39, 0.29) is 12.1 Å². The summed E-state index contributed by atoms with van der Waals surface area (Å²) in [6.45, 7) is 2.13. The Kier molecular flexibility index (Phi) is 2.79. The molecule has 0 saturated heterocycles. The first kappa shape index (κ1) is 9.99. The highest BCUT2D eigenvalue weighted by molar-refractivity contribution is 9.10. The molecule has 2 N–H and O–H groups in total. The molecule has 3 heteroatoms. The molecular weight excluding hydrogens is 242 g/mol. The SMILES string of the molecule is CCC1CC(N)c2cc(Br)ccc2O1. The van der Waals surface area contributed by atoms with Gasteiger partial charge in [0.15, 0.2) is 0 Å². The third-order valence-electron chi connectivity index (χ3n) is 2.64. The summed E-state index contributed by atoms with van der Waals surface area (Å²) < 4.78 is 6.87. The highest BCUT2D eigenvalue weighted by atomic mass is 79.9. The molecule has 1 heterocycles. The normalized spacial score (nSPS) is 25.4. The van der Waals surface area contributed by atoms with E-state index < -0.39 is 0 Å². The van der Waals surface area contributed by atoms with Crippen molar-refractivity contribution >= 4 is 15.9 Å². The second-order valence-electron chi connectivity index (χ2n) is 3.67. The Bertz CT molecular complexity index is 340. The van der Waals surface area contributed by atoms with Gasteiger partial charge in [0.05, 0.1) is 0 Å². The van der Waals surface area contributed by atoms with Gasteiger partial charge in [-0.25, -0.2) is 0 Å². The molecular formula is C11H14BrNO. The van der Waals surface area contributed by atoms with Crippen molar-refractivity contribution in [3.8, 4) is 5.75 Å². The van der Waals surface area contributed by atoms with Crippen LogP contribution in [0.25, 0.3) is 0 Å². The Morgan fingerprint density at radius 3 is 3.07 bits per heavy atom. The average molecular weight is 256 g/mol. The molecule has 0 bridgehead atoms. The molecule has 0 aliphatic carbocycles. The maximum absolute atomic E-state index is 6.08. The number of fused-ring (bicyclic) bond motifs is 1. The monoisotopic (exact) mass is 255 g/mol. The van der Waals surface area contributed by atoms with Crippen LogP contribution in [0.4, 0.5) is 0 Å². The Labute approximate surface area is 92.6 Å². The lowest BCUT2D eigenvalue weighted by molar-refractivity contribution is 0.155. The maximum Gasteiger partial charge on any atom is 0.124 e. The summed E-state index contributed by atoms with van der Waals surface area (Å²) in [6.07, 6.45) is 2.21. The van der Waals surface area contributed by atoms with Gasteiger partial charge < -0.3 is 10.5 Å². The summed E-state index contributed by atoms with van der Waals surface area (Å²) in [7, 11) is 0. The molecule has 14 heavy (non-hydrogen) atoms. The van der Waals surface area contributed by atoms with E-state index in [4.69, 9.17) is 10.5 Å². The van der Waals surface area contributed by atoms with Crippen molar-refractivity contribution in [3.63, 3.8) is 0 Å². The van der Waals surface area contributed by atoms with Crippen LogP contribution in [0.15, 0.2) is 22.7 Å². The molecule has 1 aliphatic heterocycles. The van der Waals surface area contributed by atoms with Crippen LogP contribution >= 0.6 is 15.9 Å². The summed E-state index contributed by atoms with van der Waals surface area (Å²) in [5.41, 5.74) is 7.20. The van der Waals surface area contributed by atoms with Crippen molar-refractivity contribution in [1.29, 1.82) is 0 Å². The van der Waals surface area contributed by atoms with Gasteiger partial charge in [0.25, 0.3) is 0 Å². The molecule has 1 aliphatic rings. The zero-order valence-corrected chi connectivity index (χ0v) is 9.75. The lowest BCUT2D eigenvalue weighted by Crippen LogP contribution is -2.28. The van der Waals surface area contributed by atoms with Crippen molar-refractivity contribution < 1.29 is 4.74 Å². The number of benzene rings is 1. The molecule has 0 spiro atoms. The smallest absolute Gasteiger partial charge is 0.124 e. The van der Waals surface area contributed by atoms with E-state index in [0.717, 1.165) is 28.6 Å². The van der Waals surface area contributed by atoms with Crippen LogP contribution in [-0.2, 0) is 0 Å². The topological polar surface area (TPSA) is 35.2 Å². The minimum atomic E-state index is 0.112. The minimum Gasteiger partial charge on any atom is -0.490 e. The molecule has 0 fully saturated rings. The summed E-state index contributed by atoms with van der Waals surface area (Å²) in [6, 6.07) is 6.14. The molecule has 1 aromatic rings. The number of hydrogen-bond acceptors (Lipinski definition) is 2. The van der Waals surface area contributed by atoms with Crippen LogP contribution in [0.1, 0.15) is 31.4 Å². The van der Waals surface area contributed by atoms with Crippen molar-refractivity contribution in [2.45, 2.75) is 31.9 Å². The van der Waals surface area contributed by atoms with Crippen LogP contribution in [-0.4, -0.2) is 6.10 Å². The van der Waals surface area contributed by atoms with Crippen LogP contribution in [0.2, 0.25) is 0 Å². The first-order valence-corrected chi connectivity index (χ1v) is 5.71. The van der Waals surface area contributed by atoms with E-state index in [1.807, 2.05) is 18.2 Å². The Morgan fingerprint density at radius 1 is 1.57 bits per heavy atom. The number of nitrogens with two attached hydrogens (primary N) is 1. The Balaban J connectivity index is 2.35. The second kappa shape index (κ2) is 3.91. The predicted octanol–water partition coefficient (Wildman–Crippen LogP) is 3.01. The van der Waals surface area contributed by atoms with E-state index in [1.54, 1.807) is 0 Å². The highest BCUT2D eigenvalue weighted by Gasteiger charge is 2.24. The van der Waals surface area contributed by atoms with Gasteiger partial charge in [0, 0.05) is 22.5 Å². The van der Waals surface area contributed by atoms with Gasteiger partial charge in [-0.2, -0.15) is 0 Å². The summed E-state index contributed by atoms with van der Waals surface area (Å²) in [5.74, 6) is 0.943. The van der Waals surface area contributed by atoms with Gasteiger partial charge in [-0.3, -0.25) is 0 Å². The molecule has 0 radical (unpaired) electrons. The third kappa shape index (κ3) is 1.79. The predicted molar refractivity (Wildman–Crippen MR) is 60.4 cm³/mol. The number of rotatable bonds is 1. The second-order valence-corrected chi connectivity index (χ2v) is 4.59. The zero-order valence-electron chi connectivity index (χ0n) is 8.16. The fourth-order valence-electron chi connectivity index (χ4n) is 1.80. The van der Waals surface area contributed by atoms with Crippen LogP contribution in [0, 0.1) is 0 Å².